The summed E-state index contributed by atoms with van der Waals surface area (Å²) in [5.41, 5.74) is 0. The lowest BCUT2D eigenvalue weighted by Crippen LogP contribution is -2.17. The molecule has 1 atom stereocenters. The Balaban J connectivity index is 1.82. The van der Waals surface area contributed by atoms with Crippen LogP contribution >= 0.6 is 15.9 Å². The van der Waals surface area contributed by atoms with Crippen molar-refractivity contribution in [3.8, 4) is 0 Å². The lowest BCUT2D eigenvalue weighted by Gasteiger charge is -2.10. The molecule has 0 aromatic carbocycles. The number of halogens is 1. The van der Waals surface area contributed by atoms with Gasteiger partial charge in [-0.25, -0.2) is 4.98 Å². The van der Waals surface area contributed by atoms with Crippen LogP contribution in [0.4, 0.5) is 5.82 Å². The molecule has 0 saturated carbocycles. The number of hydrogen-bond acceptors (Lipinski definition) is 3. The zero-order valence-corrected chi connectivity index (χ0v) is 9.55. The average Bonchev–Trinajstić information content (AvgIpc) is 2.70. The molecule has 14 heavy (non-hydrogen) atoms. The van der Waals surface area contributed by atoms with E-state index in [0.717, 1.165) is 35.8 Å². The van der Waals surface area contributed by atoms with Gasteiger partial charge in [0.25, 0.3) is 0 Å². The summed E-state index contributed by atoms with van der Waals surface area (Å²) >= 11 is 3.36. The molecule has 2 N–H and O–H groups in total. The zero-order valence-electron chi connectivity index (χ0n) is 7.96. The Bertz CT molecular complexity index is 280. The van der Waals surface area contributed by atoms with E-state index in [1.165, 1.54) is 6.42 Å². The highest BCUT2D eigenvalue weighted by molar-refractivity contribution is 9.10. The molecule has 3 nitrogen and oxygen atoms in total. The molecule has 0 unspecified atom stereocenters. The average molecular weight is 256 g/mol. The molecule has 0 radical (unpaired) electrons. The predicted octanol–water partition coefficient (Wildman–Crippen LogP) is 1.87. The third-order valence-corrected chi connectivity index (χ3v) is 2.93. The molecule has 1 aliphatic rings. The second-order valence-corrected chi connectivity index (χ2v) is 4.52. The number of nitrogens with zero attached hydrogens (tertiary/aromatic N) is 1. The number of pyridine rings is 1. The smallest absolute Gasteiger partial charge is 0.125 e. The van der Waals surface area contributed by atoms with Crippen molar-refractivity contribution in [1.82, 2.24) is 10.3 Å². The minimum Gasteiger partial charge on any atom is -0.370 e. The van der Waals surface area contributed by atoms with E-state index in [9.17, 15) is 0 Å². The van der Waals surface area contributed by atoms with Crippen molar-refractivity contribution in [1.29, 1.82) is 0 Å². The van der Waals surface area contributed by atoms with Crippen LogP contribution in [0.3, 0.4) is 0 Å². The Hall–Kier alpha value is -0.610. The summed E-state index contributed by atoms with van der Waals surface area (Å²) in [4.78, 5) is 4.26. The van der Waals surface area contributed by atoms with E-state index in [2.05, 4.69) is 31.5 Å². The first-order valence-electron chi connectivity index (χ1n) is 4.91. The van der Waals surface area contributed by atoms with E-state index in [1.54, 1.807) is 0 Å². The van der Waals surface area contributed by atoms with Crippen molar-refractivity contribution >= 4 is 21.7 Å². The summed E-state index contributed by atoms with van der Waals surface area (Å²) in [7, 11) is 0. The van der Waals surface area contributed by atoms with Crippen LogP contribution in [0.2, 0.25) is 0 Å². The van der Waals surface area contributed by atoms with Gasteiger partial charge in [-0.15, -0.1) is 0 Å². The molecular weight excluding hydrogens is 242 g/mol. The SMILES string of the molecule is Brc1ccc(NC[C@@H]2CCNC2)nc1. The standard InChI is InChI=1S/C10H14BrN3/c11-9-1-2-10(14-7-9)13-6-8-3-4-12-5-8/h1-2,7-8,12H,3-6H2,(H,13,14)/t8-/m1/s1. The Morgan fingerprint density at radius 1 is 1.57 bits per heavy atom. The lowest BCUT2D eigenvalue weighted by molar-refractivity contribution is 0.614. The van der Waals surface area contributed by atoms with Crippen molar-refractivity contribution in [2.24, 2.45) is 5.92 Å². The monoisotopic (exact) mass is 255 g/mol. The number of hydrogen-bond donors (Lipinski definition) is 2. The summed E-state index contributed by atoms with van der Waals surface area (Å²) in [6.45, 7) is 3.30. The molecule has 1 saturated heterocycles. The van der Waals surface area contributed by atoms with Gasteiger partial charge < -0.3 is 10.6 Å². The molecule has 1 aromatic rings. The topological polar surface area (TPSA) is 37.0 Å². The van der Waals surface area contributed by atoms with Gasteiger partial charge in [0.15, 0.2) is 0 Å². The molecule has 0 aliphatic carbocycles. The normalized spacial score (nSPS) is 21.1. The van der Waals surface area contributed by atoms with Crippen LogP contribution in [0.5, 0.6) is 0 Å². The highest BCUT2D eigenvalue weighted by atomic mass is 79.9. The van der Waals surface area contributed by atoms with Gasteiger partial charge in [-0.05, 0) is 53.5 Å². The number of rotatable bonds is 3. The fourth-order valence-electron chi connectivity index (χ4n) is 1.62. The van der Waals surface area contributed by atoms with Gasteiger partial charge >= 0.3 is 0 Å². The maximum Gasteiger partial charge on any atom is 0.125 e. The van der Waals surface area contributed by atoms with Crippen molar-refractivity contribution < 1.29 is 0 Å². The first-order chi connectivity index (χ1) is 6.84. The molecular formula is C10H14BrN3. The zero-order chi connectivity index (χ0) is 9.80. The number of anilines is 1. The van der Waals surface area contributed by atoms with Gasteiger partial charge in [0.1, 0.15) is 5.82 Å². The van der Waals surface area contributed by atoms with E-state index in [4.69, 9.17) is 0 Å². The van der Waals surface area contributed by atoms with Crippen LogP contribution in [0.1, 0.15) is 6.42 Å². The summed E-state index contributed by atoms with van der Waals surface area (Å²) in [6.07, 6.45) is 3.08. The predicted molar refractivity (Wildman–Crippen MR) is 61.4 cm³/mol. The number of nitrogens with one attached hydrogen (secondary N) is 2. The first-order valence-corrected chi connectivity index (χ1v) is 5.70. The molecule has 2 rings (SSSR count). The van der Waals surface area contributed by atoms with Crippen LogP contribution < -0.4 is 10.6 Å². The van der Waals surface area contributed by atoms with Crippen LogP contribution in [0.25, 0.3) is 0 Å². The van der Waals surface area contributed by atoms with E-state index in [0.29, 0.717) is 0 Å². The van der Waals surface area contributed by atoms with Gasteiger partial charge in [-0.3, -0.25) is 0 Å². The molecule has 4 heteroatoms. The Morgan fingerprint density at radius 3 is 3.14 bits per heavy atom. The third kappa shape index (κ3) is 2.69. The van der Waals surface area contributed by atoms with E-state index >= 15 is 0 Å². The molecule has 2 heterocycles. The molecule has 1 fully saturated rings. The highest BCUT2D eigenvalue weighted by Crippen LogP contribution is 2.12. The minimum atomic E-state index is 0.750. The van der Waals surface area contributed by atoms with Crippen molar-refractivity contribution in [2.45, 2.75) is 6.42 Å². The van der Waals surface area contributed by atoms with Crippen molar-refractivity contribution in [2.75, 3.05) is 25.0 Å². The first kappa shape index (κ1) is 9.93. The Morgan fingerprint density at radius 2 is 2.50 bits per heavy atom. The highest BCUT2D eigenvalue weighted by Gasteiger charge is 2.13. The molecule has 0 bridgehead atoms. The largest absolute Gasteiger partial charge is 0.370 e. The van der Waals surface area contributed by atoms with Crippen LogP contribution in [-0.4, -0.2) is 24.6 Å². The second kappa shape index (κ2) is 4.75. The molecule has 76 valence electrons. The molecule has 0 spiro atoms. The molecule has 0 amide bonds. The Kier molecular flexibility index (Phi) is 3.37. The second-order valence-electron chi connectivity index (χ2n) is 3.60. The van der Waals surface area contributed by atoms with Crippen LogP contribution in [0.15, 0.2) is 22.8 Å². The lowest BCUT2D eigenvalue weighted by atomic mass is 10.1. The van der Waals surface area contributed by atoms with Crippen molar-refractivity contribution in [3.63, 3.8) is 0 Å². The molecule has 1 aromatic heterocycles. The van der Waals surface area contributed by atoms with Crippen LogP contribution in [0, 0.1) is 5.92 Å². The number of aromatic nitrogens is 1. The fraction of sp³-hybridized carbons (Fsp3) is 0.500. The minimum absolute atomic E-state index is 0.750. The van der Waals surface area contributed by atoms with Gasteiger partial charge in [0.05, 0.1) is 0 Å². The quantitative estimate of drug-likeness (QED) is 0.866. The summed E-state index contributed by atoms with van der Waals surface area (Å²) in [5, 5.41) is 6.69. The summed E-state index contributed by atoms with van der Waals surface area (Å²) < 4.78 is 1.02. The summed E-state index contributed by atoms with van der Waals surface area (Å²) in [6, 6.07) is 3.99. The van der Waals surface area contributed by atoms with E-state index in [-0.39, 0.29) is 0 Å². The van der Waals surface area contributed by atoms with Gasteiger partial charge in [0.2, 0.25) is 0 Å². The fourth-order valence-corrected chi connectivity index (χ4v) is 1.85. The maximum atomic E-state index is 4.26. The summed E-state index contributed by atoms with van der Waals surface area (Å²) in [5.74, 6) is 1.71. The van der Waals surface area contributed by atoms with Crippen LogP contribution in [-0.2, 0) is 0 Å². The van der Waals surface area contributed by atoms with Gasteiger partial charge in [-0.2, -0.15) is 0 Å². The van der Waals surface area contributed by atoms with E-state index in [1.807, 2.05) is 18.3 Å². The maximum absolute atomic E-state index is 4.26. The van der Waals surface area contributed by atoms with Crippen molar-refractivity contribution in [3.05, 3.63) is 22.8 Å². The van der Waals surface area contributed by atoms with Gasteiger partial charge in [0, 0.05) is 17.2 Å². The Labute approximate surface area is 92.4 Å². The van der Waals surface area contributed by atoms with Gasteiger partial charge in [-0.1, -0.05) is 0 Å². The molecule has 1 aliphatic heterocycles. The third-order valence-electron chi connectivity index (χ3n) is 2.46. The van der Waals surface area contributed by atoms with E-state index < -0.39 is 0 Å².